The fraction of sp³-hybridized carbons (Fsp3) is 0.0769. The minimum Gasteiger partial charge on any atom is -0.452 e. The normalized spacial score (nSPS) is 10.2. The van der Waals surface area contributed by atoms with Gasteiger partial charge in [-0.15, -0.1) is 11.3 Å². The highest BCUT2D eigenvalue weighted by Crippen LogP contribution is 2.31. The highest BCUT2D eigenvalue weighted by molar-refractivity contribution is 7.20. The molecule has 1 aromatic carbocycles. The number of rotatable bonds is 4. The van der Waals surface area contributed by atoms with Crippen molar-refractivity contribution in [2.45, 2.75) is 0 Å². The van der Waals surface area contributed by atoms with E-state index in [0.717, 1.165) is 11.3 Å². The van der Waals surface area contributed by atoms with Crippen molar-refractivity contribution >= 4 is 63.7 Å². The van der Waals surface area contributed by atoms with Gasteiger partial charge in [0.25, 0.3) is 5.91 Å². The van der Waals surface area contributed by atoms with Crippen LogP contribution in [-0.2, 0) is 9.53 Å². The van der Waals surface area contributed by atoms with Gasteiger partial charge < -0.3 is 10.1 Å². The van der Waals surface area contributed by atoms with Crippen LogP contribution >= 0.6 is 46.1 Å². The molecule has 1 aromatic heterocycles. The quantitative estimate of drug-likeness (QED) is 0.812. The maximum atomic E-state index is 11.7. The van der Waals surface area contributed by atoms with Gasteiger partial charge in [-0.25, -0.2) is 4.79 Å². The molecule has 0 saturated carbocycles. The first-order chi connectivity index (χ1) is 9.95. The molecule has 0 bridgehead atoms. The Morgan fingerprint density at radius 2 is 1.95 bits per heavy atom. The van der Waals surface area contributed by atoms with Crippen LogP contribution in [-0.4, -0.2) is 18.5 Å². The summed E-state index contributed by atoms with van der Waals surface area (Å²) in [5, 5.41) is 3.04. The predicted octanol–water partition coefficient (Wildman–Crippen LogP) is 4.50. The van der Waals surface area contributed by atoms with E-state index in [-0.39, 0.29) is 9.90 Å². The van der Waals surface area contributed by atoms with E-state index in [1.54, 1.807) is 24.3 Å². The molecule has 4 nitrogen and oxygen atoms in total. The molecular formula is C13H8Cl3NO3S. The van der Waals surface area contributed by atoms with Gasteiger partial charge in [-0.05, 0) is 24.3 Å². The maximum absolute atomic E-state index is 11.7. The summed E-state index contributed by atoms with van der Waals surface area (Å²) in [7, 11) is 0. The monoisotopic (exact) mass is 363 g/mol. The highest BCUT2D eigenvalue weighted by Gasteiger charge is 2.17. The van der Waals surface area contributed by atoms with Gasteiger partial charge >= 0.3 is 5.97 Å². The Balaban J connectivity index is 1.89. The van der Waals surface area contributed by atoms with Crippen molar-refractivity contribution in [1.29, 1.82) is 0 Å². The van der Waals surface area contributed by atoms with E-state index < -0.39 is 18.5 Å². The number of halogens is 3. The number of hydrogen-bond donors (Lipinski definition) is 1. The van der Waals surface area contributed by atoms with Gasteiger partial charge in [0.05, 0.1) is 9.90 Å². The van der Waals surface area contributed by atoms with Crippen LogP contribution in [0.1, 0.15) is 10.4 Å². The molecule has 0 aliphatic heterocycles. The number of amides is 1. The van der Waals surface area contributed by atoms with Gasteiger partial charge in [0.1, 0.15) is 4.34 Å². The first-order valence-electron chi connectivity index (χ1n) is 5.63. The maximum Gasteiger partial charge on any atom is 0.341 e. The first-order valence-corrected chi connectivity index (χ1v) is 7.58. The Morgan fingerprint density at radius 3 is 2.57 bits per heavy atom. The Kier molecular flexibility index (Phi) is 5.47. The molecular weight excluding hydrogens is 357 g/mol. The van der Waals surface area contributed by atoms with Crippen molar-refractivity contribution in [3.63, 3.8) is 0 Å². The Hall–Kier alpha value is -1.27. The summed E-state index contributed by atoms with van der Waals surface area (Å²) < 4.78 is 5.46. The molecule has 0 spiro atoms. The summed E-state index contributed by atoms with van der Waals surface area (Å²) in [5.41, 5.74) is 0.655. The Morgan fingerprint density at radius 1 is 1.19 bits per heavy atom. The zero-order valence-electron chi connectivity index (χ0n) is 10.4. The van der Waals surface area contributed by atoms with Crippen molar-refractivity contribution in [3.05, 3.63) is 49.6 Å². The minimum absolute atomic E-state index is 0.141. The number of benzene rings is 1. The third-order valence-electron chi connectivity index (χ3n) is 2.32. The summed E-state index contributed by atoms with van der Waals surface area (Å²) in [6.07, 6.45) is 0. The van der Waals surface area contributed by atoms with E-state index in [1.165, 1.54) is 6.07 Å². The number of esters is 1. The lowest BCUT2D eigenvalue weighted by Gasteiger charge is -2.06. The van der Waals surface area contributed by atoms with Crippen LogP contribution in [0.2, 0.25) is 13.7 Å². The number of thiophene rings is 1. The number of carbonyl (C=O) groups is 2. The molecule has 0 saturated heterocycles. The predicted molar refractivity (Wildman–Crippen MR) is 84.7 cm³/mol. The molecule has 1 N–H and O–H groups in total. The molecule has 1 heterocycles. The average Bonchev–Trinajstić information content (AvgIpc) is 2.75. The molecule has 0 atom stereocenters. The van der Waals surface area contributed by atoms with Gasteiger partial charge in [-0.1, -0.05) is 40.9 Å². The van der Waals surface area contributed by atoms with Crippen LogP contribution < -0.4 is 5.32 Å². The Bertz CT molecular complexity index is 687. The fourth-order valence-electron chi connectivity index (χ4n) is 1.45. The molecule has 110 valence electrons. The zero-order valence-corrected chi connectivity index (χ0v) is 13.4. The van der Waals surface area contributed by atoms with Gasteiger partial charge in [-0.3, -0.25) is 4.79 Å². The number of carbonyl (C=O) groups excluding carboxylic acids is 2. The first kappa shape index (κ1) is 16.1. The smallest absolute Gasteiger partial charge is 0.341 e. The van der Waals surface area contributed by atoms with E-state index in [1.807, 2.05) is 0 Å². The minimum atomic E-state index is -0.704. The van der Waals surface area contributed by atoms with Crippen molar-refractivity contribution in [1.82, 2.24) is 0 Å². The van der Waals surface area contributed by atoms with E-state index >= 15 is 0 Å². The van der Waals surface area contributed by atoms with Crippen LogP contribution in [0.4, 0.5) is 5.69 Å². The molecule has 1 amide bonds. The molecule has 8 heteroatoms. The third kappa shape index (κ3) is 4.61. The van der Waals surface area contributed by atoms with Crippen LogP contribution in [0, 0.1) is 0 Å². The second-order valence-electron chi connectivity index (χ2n) is 3.87. The van der Waals surface area contributed by atoms with Gasteiger partial charge in [0.2, 0.25) is 0 Å². The molecule has 2 aromatic rings. The lowest BCUT2D eigenvalue weighted by Crippen LogP contribution is -2.20. The van der Waals surface area contributed by atoms with E-state index in [0.29, 0.717) is 15.0 Å². The number of ether oxygens (including phenoxy) is 1. The third-order valence-corrected chi connectivity index (χ3v) is 4.04. The van der Waals surface area contributed by atoms with E-state index in [2.05, 4.69) is 5.32 Å². The second-order valence-corrected chi connectivity index (χ2v) is 6.59. The number of anilines is 1. The van der Waals surface area contributed by atoms with Crippen LogP contribution in [0.5, 0.6) is 0 Å². The topological polar surface area (TPSA) is 55.4 Å². The van der Waals surface area contributed by atoms with Crippen molar-refractivity contribution in [3.8, 4) is 0 Å². The molecule has 0 fully saturated rings. The zero-order chi connectivity index (χ0) is 15.4. The van der Waals surface area contributed by atoms with Gasteiger partial charge in [0, 0.05) is 10.7 Å². The summed E-state index contributed by atoms with van der Waals surface area (Å²) in [5.74, 6) is -1.19. The largest absolute Gasteiger partial charge is 0.452 e. The SMILES string of the molecule is O=C(COC(=O)c1cc(Cl)sc1Cl)Nc1cccc(Cl)c1. The molecule has 0 radical (unpaired) electrons. The highest BCUT2D eigenvalue weighted by atomic mass is 35.5. The summed E-state index contributed by atoms with van der Waals surface area (Å²) in [4.78, 5) is 23.4. The fourth-order valence-corrected chi connectivity index (χ4v) is 3.08. The van der Waals surface area contributed by atoms with Gasteiger partial charge in [-0.2, -0.15) is 0 Å². The molecule has 0 aliphatic rings. The van der Waals surface area contributed by atoms with E-state index in [9.17, 15) is 9.59 Å². The number of hydrogen-bond acceptors (Lipinski definition) is 4. The lowest BCUT2D eigenvalue weighted by molar-refractivity contribution is -0.119. The summed E-state index contributed by atoms with van der Waals surface area (Å²) >= 11 is 18.4. The van der Waals surface area contributed by atoms with Crippen molar-refractivity contribution in [2.75, 3.05) is 11.9 Å². The standard InChI is InChI=1S/C13H8Cl3NO3S/c14-7-2-1-3-8(4-7)17-11(18)6-20-13(19)9-5-10(15)21-12(9)16/h1-5H,6H2,(H,17,18). The molecule has 0 unspecified atom stereocenters. The summed E-state index contributed by atoms with van der Waals surface area (Å²) in [6, 6.07) is 8.01. The average molecular weight is 365 g/mol. The van der Waals surface area contributed by atoms with E-state index in [4.69, 9.17) is 39.5 Å². The second kappa shape index (κ2) is 7.13. The van der Waals surface area contributed by atoms with Crippen LogP contribution in [0.3, 0.4) is 0 Å². The van der Waals surface area contributed by atoms with Crippen LogP contribution in [0.15, 0.2) is 30.3 Å². The van der Waals surface area contributed by atoms with Crippen molar-refractivity contribution in [2.24, 2.45) is 0 Å². The summed E-state index contributed by atoms with van der Waals surface area (Å²) in [6.45, 7) is -0.435. The van der Waals surface area contributed by atoms with Crippen molar-refractivity contribution < 1.29 is 14.3 Å². The lowest BCUT2D eigenvalue weighted by atomic mass is 10.3. The molecule has 0 aliphatic carbocycles. The number of nitrogens with one attached hydrogen (secondary N) is 1. The molecule has 21 heavy (non-hydrogen) atoms. The van der Waals surface area contributed by atoms with Crippen LogP contribution in [0.25, 0.3) is 0 Å². The van der Waals surface area contributed by atoms with Gasteiger partial charge in [0.15, 0.2) is 6.61 Å². The Labute approximate surface area is 139 Å². The molecule has 2 rings (SSSR count).